The van der Waals surface area contributed by atoms with Gasteiger partial charge in [0.2, 0.25) is 5.91 Å². The minimum absolute atomic E-state index is 0.228. The van der Waals surface area contributed by atoms with Crippen molar-refractivity contribution in [2.45, 2.75) is 19.3 Å². The van der Waals surface area contributed by atoms with Crippen LogP contribution in [0.15, 0.2) is 24.3 Å². The molecule has 0 aromatic heterocycles. The molecule has 20 heavy (non-hydrogen) atoms. The average Bonchev–Trinajstić information content (AvgIpc) is 2.44. The van der Waals surface area contributed by atoms with Crippen LogP contribution in [-0.2, 0) is 11.2 Å². The lowest BCUT2D eigenvalue weighted by Gasteiger charge is -2.21. The van der Waals surface area contributed by atoms with Gasteiger partial charge >= 0.3 is 0 Å². The van der Waals surface area contributed by atoms with E-state index in [2.05, 4.69) is 15.9 Å². The molecule has 0 bridgehead atoms. The summed E-state index contributed by atoms with van der Waals surface area (Å²) in [7, 11) is 1.58. The maximum Gasteiger partial charge on any atom is 0.255 e. The van der Waals surface area contributed by atoms with Crippen LogP contribution < -0.4 is 4.74 Å². The van der Waals surface area contributed by atoms with Gasteiger partial charge in [0, 0.05) is 18.3 Å². The molecule has 3 nitrogen and oxygen atoms in total. The molecular formula is C14H18BrF2NO2. The predicted octanol–water partition coefficient (Wildman–Crippen LogP) is 3.12. The molecule has 0 N–H and O–H groups in total. The van der Waals surface area contributed by atoms with Crippen LogP contribution in [0.1, 0.15) is 12.0 Å². The molecule has 0 aliphatic heterocycles. The van der Waals surface area contributed by atoms with Gasteiger partial charge in [0.1, 0.15) is 5.75 Å². The molecule has 112 valence electrons. The fourth-order valence-corrected chi connectivity index (χ4v) is 2.22. The molecule has 1 amide bonds. The molecule has 0 fully saturated rings. The van der Waals surface area contributed by atoms with E-state index in [1.54, 1.807) is 7.11 Å². The molecule has 0 spiro atoms. The van der Waals surface area contributed by atoms with Gasteiger partial charge in [0.25, 0.3) is 6.43 Å². The zero-order valence-electron chi connectivity index (χ0n) is 11.3. The second-order valence-corrected chi connectivity index (χ2v) is 5.06. The maximum absolute atomic E-state index is 12.4. The van der Waals surface area contributed by atoms with E-state index in [0.717, 1.165) is 11.3 Å². The van der Waals surface area contributed by atoms with Crippen molar-refractivity contribution in [3.63, 3.8) is 0 Å². The molecule has 1 aromatic carbocycles. The summed E-state index contributed by atoms with van der Waals surface area (Å²) in [5.41, 5.74) is 0.981. The molecule has 6 heteroatoms. The zero-order valence-corrected chi connectivity index (χ0v) is 12.9. The van der Waals surface area contributed by atoms with Gasteiger partial charge < -0.3 is 9.64 Å². The molecule has 1 rings (SSSR count). The smallest absolute Gasteiger partial charge is 0.255 e. The largest absolute Gasteiger partial charge is 0.497 e. The summed E-state index contributed by atoms with van der Waals surface area (Å²) < 4.78 is 29.8. The molecule has 1 aromatic rings. The van der Waals surface area contributed by atoms with Gasteiger partial charge in [-0.1, -0.05) is 28.1 Å². The van der Waals surface area contributed by atoms with Gasteiger partial charge in [-0.05, 0) is 24.1 Å². The minimum Gasteiger partial charge on any atom is -0.497 e. The van der Waals surface area contributed by atoms with Gasteiger partial charge in [-0.15, -0.1) is 0 Å². The number of rotatable bonds is 8. The second-order valence-electron chi connectivity index (χ2n) is 4.27. The van der Waals surface area contributed by atoms with Gasteiger partial charge in [-0.3, -0.25) is 4.79 Å². The Morgan fingerprint density at radius 3 is 2.50 bits per heavy atom. The Morgan fingerprint density at radius 2 is 2.00 bits per heavy atom. The minimum atomic E-state index is -2.50. The summed E-state index contributed by atoms with van der Waals surface area (Å²) in [6.45, 7) is -0.209. The quantitative estimate of drug-likeness (QED) is 0.675. The van der Waals surface area contributed by atoms with Crippen molar-refractivity contribution >= 4 is 21.8 Å². The van der Waals surface area contributed by atoms with Crippen LogP contribution in [0, 0.1) is 0 Å². The topological polar surface area (TPSA) is 29.5 Å². The summed E-state index contributed by atoms with van der Waals surface area (Å²) in [6, 6.07) is 7.37. The summed E-state index contributed by atoms with van der Waals surface area (Å²) in [6.07, 6.45) is -1.74. The third kappa shape index (κ3) is 5.86. The summed E-state index contributed by atoms with van der Waals surface area (Å²) in [5.74, 6) is 0.499. The van der Waals surface area contributed by atoms with Crippen LogP contribution in [0.25, 0.3) is 0 Å². The SMILES string of the molecule is COc1ccc(CCC(=O)N(CCBr)CC(F)F)cc1. The molecule has 0 radical (unpaired) electrons. The molecule has 0 atom stereocenters. The Kier molecular flexibility index (Phi) is 7.51. The van der Waals surface area contributed by atoms with E-state index < -0.39 is 13.0 Å². The summed E-state index contributed by atoms with van der Waals surface area (Å²) in [5, 5.41) is 0.494. The zero-order chi connectivity index (χ0) is 15.0. The van der Waals surface area contributed by atoms with Crippen LogP contribution in [0.5, 0.6) is 5.75 Å². The first-order valence-electron chi connectivity index (χ1n) is 6.31. The number of halogens is 3. The maximum atomic E-state index is 12.4. The van der Waals surface area contributed by atoms with Gasteiger partial charge in [0.05, 0.1) is 13.7 Å². The first kappa shape index (κ1) is 16.9. The van der Waals surface area contributed by atoms with E-state index in [1.165, 1.54) is 4.90 Å². The Hall–Kier alpha value is -1.17. The number of amides is 1. The third-order valence-corrected chi connectivity index (χ3v) is 3.21. The fraction of sp³-hybridized carbons (Fsp3) is 0.500. The average molecular weight is 350 g/mol. The van der Waals surface area contributed by atoms with E-state index in [9.17, 15) is 13.6 Å². The van der Waals surface area contributed by atoms with Crippen LogP contribution in [0.2, 0.25) is 0 Å². The van der Waals surface area contributed by atoms with E-state index in [1.807, 2.05) is 24.3 Å². The van der Waals surface area contributed by atoms with Crippen LogP contribution in [0.3, 0.4) is 0 Å². The molecule has 0 unspecified atom stereocenters. The van der Waals surface area contributed by atoms with Gasteiger partial charge in [0.15, 0.2) is 0 Å². The first-order chi connectivity index (χ1) is 9.56. The van der Waals surface area contributed by atoms with E-state index in [0.29, 0.717) is 18.3 Å². The standard InChI is InChI=1S/C14H18BrF2NO2/c1-20-12-5-2-11(3-6-12)4-7-14(19)18(9-8-15)10-13(16)17/h2-3,5-6,13H,4,7-10H2,1H3. The molecule has 0 aliphatic carbocycles. The van der Waals surface area contributed by atoms with Crippen LogP contribution >= 0.6 is 15.9 Å². The van der Waals surface area contributed by atoms with Gasteiger partial charge in [-0.25, -0.2) is 8.78 Å². The molecular weight excluding hydrogens is 332 g/mol. The van der Waals surface area contributed by atoms with Crippen molar-refractivity contribution < 1.29 is 18.3 Å². The van der Waals surface area contributed by atoms with Crippen molar-refractivity contribution in [1.82, 2.24) is 4.90 Å². The number of ether oxygens (including phenoxy) is 1. The Labute approximate surface area is 126 Å². The van der Waals surface area contributed by atoms with Crippen molar-refractivity contribution in [1.29, 1.82) is 0 Å². The molecule has 0 saturated carbocycles. The number of alkyl halides is 3. The summed E-state index contributed by atoms with van der Waals surface area (Å²) >= 11 is 3.17. The second kappa shape index (κ2) is 8.89. The third-order valence-electron chi connectivity index (χ3n) is 2.85. The van der Waals surface area contributed by atoms with Crippen LogP contribution in [0.4, 0.5) is 8.78 Å². The number of carbonyl (C=O) groups excluding carboxylic acids is 1. The number of benzene rings is 1. The highest BCUT2D eigenvalue weighted by molar-refractivity contribution is 9.09. The predicted molar refractivity (Wildman–Crippen MR) is 77.7 cm³/mol. The lowest BCUT2D eigenvalue weighted by molar-refractivity contribution is -0.132. The normalized spacial score (nSPS) is 10.7. The Bertz CT molecular complexity index is 412. The summed E-state index contributed by atoms with van der Waals surface area (Å²) in [4.78, 5) is 13.1. The highest BCUT2D eigenvalue weighted by Crippen LogP contribution is 2.13. The number of hydrogen-bond donors (Lipinski definition) is 0. The van der Waals surface area contributed by atoms with Gasteiger partial charge in [-0.2, -0.15) is 0 Å². The van der Waals surface area contributed by atoms with E-state index in [4.69, 9.17) is 4.74 Å². The number of nitrogens with zero attached hydrogens (tertiary/aromatic N) is 1. The monoisotopic (exact) mass is 349 g/mol. The fourth-order valence-electron chi connectivity index (χ4n) is 1.79. The molecule has 0 heterocycles. The van der Waals surface area contributed by atoms with Crippen molar-refractivity contribution in [3.05, 3.63) is 29.8 Å². The first-order valence-corrected chi connectivity index (χ1v) is 7.43. The Balaban J connectivity index is 2.50. The number of aryl methyl sites for hydroxylation is 1. The lowest BCUT2D eigenvalue weighted by atomic mass is 10.1. The highest BCUT2D eigenvalue weighted by atomic mass is 79.9. The molecule has 0 saturated heterocycles. The number of carbonyl (C=O) groups is 1. The molecule has 0 aliphatic rings. The number of methoxy groups -OCH3 is 1. The Morgan fingerprint density at radius 1 is 1.35 bits per heavy atom. The highest BCUT2D eigenvalue weighted by Gasteiger charge is 2.17. The van der Waals surface area contributed by atoms with Crippen LogP contribution in [-0.4, -0.2) is 42.8 Å². The lowest BCUT2D eigenvalue weighted by Crippen LogP contribution is -2.36. The van der Waals surface area contributed by atoms with E-state index in [-0.39, 0.29) is 12.3 Å². The number of hydrogen-bond acceptors (Lipinski definition) is 2. The van der Waals surface area contributed by atoms with Crippen molar-refractivity contribution in [2.24, 2.45) is 0 Å². The van der Waals surface area contributed by atoms with E-state index >= 15 is 0 Å². The van der Waals surface area contributed by atoms with Crippen molar-refractivity contribution in [2.75, 3.05) is 25.5 Å². The van der Waals surface area contributed by atoms with Crippen molar-refractivity contribution in [3.8, 4) is 5.75 Å².